The molecule has 0 unspecified atom stereocenters. The van der Waals surface area contributed by atoms with E-state index in [1.165, 1.54) is 0 Å². The Kier molecular flexibility index (Phi) is 5.47. The second-order valence-electron chi connectivity index (χ2n) is 6.78. The van der Waals surface area contributed by atoms with Crippen molar-refractivity contribution in [2.45, 2.75) is 59.8 Å². The van der Waals surface area contributed by atoms with Crippen LogP contribution in [0.25, 0.3) is 0 Å². The van der Waals surface area contributed by atoms with E-state index in [0.29, 0.717) is 4.99 Å². The maximum absolute atomic E-state index is 12.5. The van der Waals surface area contributed by atoms with Crippen LogP contribution in [0, 0.1) is 27.7 Å². The van der Waals surface area contributed by atoms with Gasteiger partial charge in [-0.15, -0.1) is 0 Å². The number of hydrogen-bond acceptors (Lipinski definition) is 4. The molecule has 4 nitrogen and oxygen atoms in total. The Hall–Kier alpha value is -2.01. The first-order valence-corrected chi connectivity index (χ1v) is 8.91. The van der Waals surface area contributed by atoms with Crippen LogP contribution in [0.4, 0.5) is 0 Å². The summed E-state index contributed by atoms with van der Waals surface area (Å²) >= 11 is 5.22. The summed E-state index contributed by atoms with van der Waals surface area (Å²) in [6, 6.07) is 0. The Labute approximate surface area is 154 Å². The summed E-state index contributed by atoms with van der Waals surface area (Å²) in [6.45, 7) is 9.69. The normalized spacial score (nSPS) is 17.8. The minimum Gasteiger partial charge on any atom is -0.511 e. The van der Waals surface area contributed by atoms with Crippen LogP contribution in [-0.4, -0.2) is 21.7 Å². The first-order chi connectivity index (χ1) is 11.6. The van der Waals surface area contributed by atoms with Crippen molar-refractivity contribution in [3.8, 4) is 0 Å². The molecule has 0 bridgehead atoms. The van der Waals surface area contributed by atoms with Crippen molar-refractivity contribution in [2.24, 2.45) is 5.73 Å². The molecule has 0 amide bonds. The molecular weight excluding hydrogens is 334 g/mol. The van der Waals surface area contributed by atoms with Gasteiger partial charge in [0.15, 0.2) is 11.6 Å². The lowest BCUT2D eigenvalue weighted by Gasteiger charge is -2.28. The first-order valence-electron chi connectivity index (χ1n) is 8.50. The van der Waals surface area contributed by atoms with Gasteiger partial charge in [-0.1, -0.05) is 19.1 Å². The molecule has 0 heterocycles. The maximum atomic E-state index is 12.5. The van der Waals surface area contributed by atoms with E-state index in [2.05, 4.69) is 0 Å². The predicted octanol–water partition coefficient (Wildman–Crippen LogP) is 3.79. The Morgan fingerprint density at radius 2 is 1.56 bits per heavy atom. The lowest BCUT2D eigenvalue weighted by atomic mass is 9.74. The molecule has 1 aromatic carbocycles. The van der Waals surface area contributed by atoms with Crippen LogP contribution in [-0.2, 0) is 9.59 Å². The molecule has 1 aliphatic carbocycles. The summed E-state index contributed by atoms with van der Waals surface area (Å²) in [7, 11) is 0. The Morgan fingerprint density at radius 3 is 2.00 bits per heavy atom. The van der Waals surface area contributed by atoms with Crippen LogP contribution in [0.2, 0.25) is 0 Å². The molecule has 1 aliphatic rings. The van der Waals surface area contributed by atoms with Crippen molar-refractivity contribution in [2.75, 3.05) is 0 Å². The molecule has 0 saturated heterocycles. The van der Waals surface area contributed by atoms with E-state index in [1.807, 2.05) is 27.7 Å². The summed E-state index contributed by atoms with van der Waals surface area (Å²) in [5.74, 6) is -0.879. The minimum absolute atomic E-state index is 0.0209. The van der Waals surface area contributed by atoms with Gasteiger partial charge in [0.1, 0.15) is 10.7 Å². The molecule has 0 radical (unpaired) electrons. The second-order valence-corrected chi connectivity index (χ2v) is 7.22. The molecule has 1 aromatic rings. The van der Waals surface area contributed by atoms with Crippen LogP contribution in [0.3, 0.4) is 0 Å². The zero-order valence-electron chi connectivity index (χ0n) is 15.4. The molecule has 0 aromatic heterocycles. The molecule has 3 N–H and O–H groups in total. The van der Waals surface area contributed by atoms with E-state index in [0.717, 1.165) is 33.4 Å². The van der Waals surface area contributed by atoms with Gasteiger partial charge < -0.3 is 10.8 Å². The third-order valence-corrected chi connectivity index (χ3v) is 5.59. The number of rotatable bonds is 3. The van der Waals surface area contributed by atoms with Gasteiger partial charge in [-0.3, -0.25) is 9.59 Å². The fourth-order valence-corrected chi connectivity index (χ4v) is 4.24. The van der Waals surface area contributed by atoms with Crippen molar-refractivity contribution in [1.29, 1.82) is 0 Å². The Balaban J connectivity index is 2.60. The topological polar surface area (TPSA) is 80.4 Å². The molecule has 0 aliphatic heterocycles. The fraction of sp³-hybridized carbons (Fsp3) is 0.450. The quantitative estimate of drug-likeness (QED) is 0.371. The molecule has 1 fully saturated rings. The zero-order chi connectivity index (χ0) is 19.0. The third-order valence-electron chi connectivity index (χ3n) is 5.38. The van der Waals surface area contributed by atoms with Gasteiger partial charge in [0.25, 0.3) is 0 Å². The number of nitrogens with two attached hydrogens (primary N) is 1. The SMILES string of the molecule is CCC(O)=C1C(=O)CC(c2c(C)c(C)c(C)c(C(N)=S)c2C)CC1=O. The molecule has 1 saturated carbocycles. The van der Waals surface area contributed by atoms with Crippen molar-refractivity contribution in [3.05, 3.63) is 44.7 Å². The van der Waals surface area contributed by atoms with E-state index in [-0.39, 0.29) is 48.1 Å². The number of Topliss-reactive ketones (excluding diaryl/α,β-unsaturated/α-hetero) is 2. The highest BCUT2D eigenvalue weighted by atomic mass is 32.1. The fourth-order valence-electron chi connectivity index (χ4n) is 3.93. The van der Waals surface area contributed by atoms with Crippen LogP contribution in [0.15, 0.2) is 11.3 Å². The smallest absolute Gasteiger partial charge is 0.170 e. The average molecular weight is 359 g/mol. The molecule has 134 valence electrons. The van der Waals surface area contributed by atoms with Gasteiger partial charge in [0, 0.05) is 24.8 Å². The third kappa shape index (κ3) is 3.25. The summed E-state index contributed by atoms with van der Waals surface area (Å²) < 4.78 is 0. The van der Waals surface area contributed by atoms with Gasteiger partial charge in [-0.25, -0.2) is 0 Å². The summed E-state index contributed by atoms with van der Waals surface area (Å²) in [5.41, 5.74) is 11.9. The number of thiocarbonyl (C=S) groups is 1. The minimum atomic E-state index is -0.283. The van der Waals surface area contributed by atoms with E-state index in [9.17, 15) is 14.7 Å². The number of carbonyl (C=O) groups excluding carboxylic acids is 2. The highest BCUT2D eigenvalue weighted by molar-refractivity contribution is 7.80. The van der Waals surface area contributed by atoms with Gasteiger partial charge >= 0.3 is 0 Å². The van der Waals surface area contributed by atoms with Crippen LogP contribution in [0.5, 0.6) is 0 Å². The number of aliphatic hydroxyl groups is 1. The van der Waals surface area contributed by atoms with Gasteiger partial charge in [0.2, 0.25) is 0 Å². The number of ketones is 2. The Morgan fingerprint density at radius 1 is 1.04 bits per heavy atom. The van der Waals surface area contributed by atoms with Gasteiger partial charge in [0.05, 0.1) is 5.57 Å². The zero-order valence-corrected chi connectivity index (χ0v) is 16.3. The highest BCUT2D eigenvalue weighted by Gasteiger charge is 2.35. The van der Waals surface area contributed by atoms with E-state index < -0.39 is 0 Å². The number of hydrogen-bond donors (Lipinski definition) is 2. The lowest BCUT2D eigenvalue weighted by Crippen LogP contribution is -2.28. The summed E-state index contributed by atoms with van der Waals surface area (Å²) in [6.07, 6.45) is 0.711. The van der Waals surface area contributed by atoms with Gasteiger partial charge in [-0.2, -0.15) is 0 Å². The molecule has 5 heteroatoms. The second kappa shape index (κ2) is 7.08. The monoisotopic (exact) mass is 359 g/mol. The highest BCUT2D eigenvalue weighted by Crippen LogP contribution is 2.39. The van der Waals surface area contributed by atoms with E-state index in [4.69, 9.17) is 18.0 Å². The molecular formula is C20H25NO3S. The first kappa shape index (κ1) is 19.3. The van der Waals surface area contributed by atoms with Crippen molar-refractivity contribution in [1.82, 2.24) is 0 Å². The van der Waals surface area contributed by atoms with Gasteiger partial charge in [-0.05, 0) is 61.4 Å². The summed E-state index contributed by atoms with van der Waals surface area (Å²) in [5, 5.41) is 9.89. The number of aliphatic hydroxyl groups excluding tert-OH is 1. The average Bonchev–Trinajstić information content (AvgIpc) is 2.51. The standard InChI is InChI=1S/C20H25NO3S/c1-6-14(22)19-15(23)7-13(8-16(19)24)17-10(3)9(2)11(4)18(12(17)5)20(21)25/h13,22H,6-8H2,1-5H3,(H2,21,25). The van der Waals surface area contributed by atoms with E-state index in [1.54, 1.807) is 6.92 Å². The van der Waals surface area contributed by atoms with Crippen molar-refractivity contribution < 1.29 is 14.7 Å². The molecule has 0 atom stereocenters. The van der Waals surface area contributed by atoms with Crippen LogP contribution in [0.1, 0.15) is 65.5 Å². The molecule has 0 spiro atoms. The van der Waals surface area contributed by atoms with Crippen molar-refractivity contribution >= 4 is 28.8 Å². The van der Waals surface area contributed by atoms with E-state index >= 15 is 0 Å². The lowest BCUT2D eigenvalue weighted by molar-refractivity contribution is -0.124. The number of allylic oxidation sites excluding steroid dienone is 2. The number of benzene rings is 1. The van der Waals surface area contributed by atoms with Crippen molar-refractivity contribution in [3.63, 3.8) is 0 Å². The van der Waals surface area contributed by atoms with Crippen LogP contribution < -0.4 is 5.73 Å². The van der Waals surface area contributed by atoms with Crippen LogP contribution >= 0.6 is 12.2 Å². The molecule has 2 rings (SSSR count). The largest absolute Gasteiger partial charge is 0.511 e. The molecule has 25 heavy (non-hydrogen) atoms. The summed E-state index contributed by atoms with van der Waals surface area (Å²) in [4.78, 5) is 25.3. The maximum Gasteiger partial charge on any atom is 0.170 e. The Bertz CT molecular complexity index is 801. The predicted molar refractivity (Wildman–Crippen MR) is 103 cm³/mol. The number of carbonyl (C=O) groups is 2.